The van der Waals surface area contributed by atoms with Crippen LogP contribution in [0, 0.1) is 6.92 Å². The number of halogens is 3. The van der Waals surface area contributed by atoms with Gasteiger partial charge in [0.1, 0.15) is 16.7 Å². The number of hydrogen-bond donors (Lipinski definition) is 2. The number of hydrogen-bond acceptors (Lipinski definition) is 7. The van der Waals surface area contributed by atoms with Crippen molar-refractivity contribution in [3.05, 3.63) is 42.2 Å². The van der Waals surface area contributed by atoms with Gasteiger partial charge in [-0.25, -0.2) is 13.2 Å². The van der Waals surface area contributed by atoms with E-state index in [9.17, 15) is 31.2 Å². The number of carbonyl (C=O) groups is 2. The minimum absolute atomic E-state index is 0.00374. The number of sulfonamides is 1. The predicted octanol–water partition coefficient (Wildman–Crippen LogP) is 4.10. The second-order valence-corrected chi connectivity index (χ2v) is 10.5. The lowest BCUT2D eigenvalue weighted by Gasteiger charge is -2.35. The fourth-order valence-corrected chi connectivity index (χ4v) is 4.83. The summed E-state index contributed by atoms with van der Waals surface area (Å²) in [5.74, 6) is -1.00. The van der Waals surface area contributed by atoms with Crippen LogP contribution in [0.4, 0.5) is 29.3 Å². The zero-order valence-electron chi connectivity index (χ0n) is 19.5. The van der Waals surface area contributed by atoms with Gasteiger partial charge in [0, 0.05) is 24.5 Å². The SMILES string of the molecule is Cc1cncc(S(=O)(=O)N2C[C@H](CCC(=O)O)Oc3ccc(NC(=O)OC(C)(C)C(F)(F)F)cc32)c1. The molecule has 0 unspecified atom stereocenters. The first-order valence-corrected chi connectivity index (χ1v) is 12.1. The largest absolute Gasteiger partial charge is 0.486 e. The van der Waals surface area contributed by atoms with E-state index in [-0.39, 0.29) is 41.4 Å². The van der Waals surface area contributed by atoms with Crippen LogP contribution < -0.4 is 14.4 Å². The van der Waals surface area contributed by atoms with Gasteiger partial charge in [0.2, 0.25) is 5.60 Å². The van der Waals surface area contributed by atoms with Crippen LogP contribution in [0.3, 0.4) is 0 Å². The lowest BCUT2D eigenvalue weighted by Crippen LogP contribution is -2.44. The zero-order chi connectivity index (χ0) is 26.9. The molecule has 1 atom stereocenters. The molecule has 2 N–H and O–H groups in total. The molecule has 0 saturated heterocycles. The summed E-state index contributed by atoms with van der Waals surface area (Å²) in [6.45, 7) is 2.79. The molecule has 0 aliphatic carbocycles. The number of ether oxygens (including phenoxy) is 2. The Morgan fingerprint density at radius 2 is 1.94 bits per heavy atom. The summed E-state index contributed by atoms with van der Waals surface area (Å²) in [5, 5.41) is 11.2. The van der Waals surface area contributed by atoms with Crippen LogP contribution >= 0.6 is 0 Å². The molecule has 3 rings (SSSR count). The number of pyridine rings is 1. The predicted molar refractivity (Wildman–Crippen MR) is 121 cm³/mol. The second-order valence-electron chi connectivity index (χ2n) is 8.61. The van der Waals surface area contributed by atoms with Gasteiger partial charge in [-0.2, -0.15) is 13.2 Å². The van der Waals surface area contributed by atoms with Crippen LogP contribution in [0.15, 0.2) is 41.6 Å². The highest BCUT2D eigenvalue weighted by molar-refractivity contribution is 7.92. The third-order valence-corrected chi connectivity index (χ3v) is 7.03. The molecule has 10 nitrogen and oxygen atoms in total. The van der Waals surface area contributed by atoms with E-state index in [1.165, 1.54) is 30.5 Å². The molecule has 2 heterocycles. The molecule has 36 heavy (non-hydrogen) atoms. The Labute approximate surface area is 205 Å². The summed E-state index contributed by atoms with van der Waals surface area (Å²) < 4.78 is 77.4. The Kier molecular flexibility index (Phi) is 7.39. The standard InChI is InChI=1S/C22H24F3N3O7S/c1-13-8-16(11-26-10-13)36(32,33)28-12-15(5-7-19(29)30)34-18-6-4-14(9-17(18)28)27-20(31)35-21(2,3)22(23,24)25/h4,6,8-11,15H,5,7,12H2,1-3H3,(H,27,31)(H,29,30)/t15-/m0/s1. The molecule has 0 fully saturated rings. The molecule has 1 amide bonds. The van der Waals surface area contributed by atoms with Gasteiger partial charge < -0.3 is 14.6 Å². The Hall–Kier alpha value is -3.55. The van der Waals surface area contributed by atoms with Gasteiger partial charge in [-0.3, -0.25) is 19.4 Å². The van der Waals surface area contributed by atoms with Crippen molar-refractivity contribution < 1.29 is 45.8 Å². The van der Waals surface area contributed by atoms with Gasteiger partial charge >= 0.3 is 18.2 Å². The number of aryl methyl sites for hydroxylation is 1. The van der Waals surface area contributed by atoms with Crippen molar-refractivity contribution in [3.8, 4) is 5.75 Å². The Bertz CT molecular complexity index is 1270. The quantitative estimate of drug-likeness (QED) is 0.545. The van der Waals surface area contributed by atoms with Gasteiger partial charge in [-0.15, -0.1) is 0 Å². The summed E-state index contributed by atoms with van der Waals surface area (Å²) in [6, 6.07) is 5.23. The minimum atomic E-state index is -4.81. The van der Waals surface area contributed by atoms with Crippen LogP contribution in [0.5, 0.6) is 5.75 Å². The third kappa shape index (κ3) is 5.98. The number of alkyl halides is 3. The number of rotatable bonds is 7. The van der Waals surface area contributed by atoms with E-state index in [1.807, 2.05) is 0 Å². The first-order chi connectivity index (χ1) is 16.6. The number of nitrogens with one attached hydrogen (secondary N) is 1. The zero-order valence-corrected chi connectivity index (χ0v) is 20.3. The van der Waals surface area contributed by atoms with Crippen LogP contribution in [-0.4, -0.2) is 55.0 Å². The molecule has 0 spiro atoms. The fourth-order valence-electron chi connectivity index (χ4n) is 3.28. The molecule has 1 aliphatic rings. The number of amides is 1. The van der Waals surface area contributed by atoms with Crippen molar-refractivity contribution in [3.63, 3.8) is 0 Å². The number of aromatic nitrogens is 1. The van der Waals surface area contributed by atoms with Gasteiger partial charge in [-0.05, 0) is 57.0 Å². The van der Waals surface area contributed by atoms with E-state index in [1.54, 1.807) is 6.92 Å². The van der Waals surface area contributed by atoms with E-state index < -0.39 is 40.0 Å². The lowest BCUT2D eigenvalue weighted by molar-refractivity contribution is -0.242. The van der Waals surface area contributed by atoms with E-state index in [0.717, 1.165) is 10.5 Å². The Morgan fingerprint density at radius 1 is 1.25 bits per heavy atom. The Balaban J connectivity index is 1.96. The van der Waals surface area contributed by atoms with Gasteiger partial charge in [0.05, 0.1) is 12.2 Å². The topological polar surface area (TPSA) is 135 Å². The van der Waals surface area contributed by atoms with Gasteiger partial charge in [0.25, 0.3) is 10.0 Å². The first-order valence-electron chi connectivity index (χ1n) is 10.6. The highest BCUT2D eigenvalue weighted by atomic mass is 32.2. The summed E-state index contributed by atoms with van der Waals surface area (Å²) in [6.07, 6.45) is -4.62. The summed E-state index contributed by atoms with van der Waals surface area (Å²) in [7, 11) is -4.21. The molecule has 2 aromatic rings. The molecule has 196 valence electrons. The second kappa shape index (κ2) is 9.84. The van der Waals surface area contributed by atoms with E-state index in [4.69, 9.17) is 9.84 Å². The fraction of sp³-hybridized carbons (Fsp3) is 0.409. The number of anilines is 2. The number of carbonyl (C=O) groups excluding carboxylic acids is 1. The average Bonchev–Trinajstić information content (AvgIpc) is 2.76. The number of aliphatic carboxylic acids is 1. The third-order valence-electron chi connectivity index (χ3n) is 5.29. The number of carboxylic acid groups (broad SMARTS) is 1. The number of fused-ring (bicyclic) bond motifs is 1. The number of benzene rings is 1. The Morgan fingerprint density at radius 3 is 2.56 bits per heavy atom. The van der Waals surface area contributed by atoms with E-state index >= 15 is 0 Å². The first kappa shape index (κ1) is 27.0. The molecule has 0 radical (unpaired) electrons. The maximum atomic E-state index is 13.5. The highest BCUT2D eigenvalue weighted by Gasteiger charge is 2.51. The lowest BCUT2D eigenvalue weighted by atomic mass is 10.1. The summed E-state index contributed by atoms with van der Waals surface area (Å²) in [4.78, 5) is 26.9. The molecule has 14 heteroatoms. The van der Waals surface area contributed by atoms with Crippen molar-refractivity contribution in [2.24, 2.45) is 0 Å². The number of nitrogens with zero attached hydrogens (tertiary/aromatic N) is 2. The maximum Gasteiger partial charge on any atom is 0.427 e. The van der Waals surface area contributed by atoms with Crippen LogP contribution in [-0.2, 0) is 19.6 Å². The number of carboxylic acids is 1. The summed E-state index contributed by atoms with van der Waals surface area (Å²) in [5.41, 5.74) is -2.24. The average molecular weight is 532 g/mol. The highest BCUT2D eigenvalue weighted by Crippen LogP contribution is 2.40. The minimum Gasteiger partial charge on any atom is -0.486 e. The molecule has 1 aliphatic heterocycles. The molecule has 0 saturated carbocycles. The monoisotopic (exact) mass is 531 g/mol. The molecule has 0 bridgehead atoms. The van der Waals surface area contributed by atoms with Crippen molar-refractivity contribution in [1.29, 1.82) is 0 Å². The van der Waals surface area contributed by atoms with Crippen molar-refractivity contribution in [2.75, 3.05) is 16.2 Å². The van der Waals surface area contributed by atoms with Crippen molar-refractivity contribution in [1.82, 2.24) is 4.98 Å². The van der Waals surface area contributed by atoms with Gasteiger partial charge in [0.15, 0.2) is 0 Å². The maximum absolute atomic E-state index is 13.5. The summed E-state index contributed by atoms with van der Waals surface area (Å²) >= 11 is 0. The molecular formula is C22H24F3N3O7S. The normalized spacial score (nSPS) is 16.1. The molecular weight excluding hydrogens is 507 g/mol. The van der Waals surface area contributed by atoms with E-state index in [2.05, 4.69) is 15.0 Å². The van der Waals surface area contributed by atoms with E-state index in [0.29, 0.717) is 19.4 Å². The van der Waals surface area contributed by atoms with Crippen molar-refractivity contribution in [2.45, 2.75) is 56.4 Å². The van der Waals surface area contributed by atoms with Crippen LogP contribution in [0.25, 0.3) is 0 Å². The molecule has 1 aromatic carbocycles. The van der Waals surface area contributed by atoms with Gasteiger partial charge in [-0.1, -0.05) is 0 Å². The van der Waals surface area contributed by atoms with Crippen LogP contribution in [0.1, 0.15) is 32.3 Å². The van der Waals surface area contributed by atoms with Crippen LogP contribution in [0.2, 0.25) is 0 Å². The molecule has 1 aromatic heterocycles. The smallest absolute Gasteiger partial charge is 0.427 e. The van der Waals surface area contributed by atoms with Crippen molar-refractivity contribution >= 4 is 33.5 Å².